The minimum absolute atomic E-state index is 0.221. The zero-order chi connectivity index (χ0) is 14.1. The number of carbonyl (C=O) groups excluding carboxylic acids is 1. The number of para-hydroxylation sites is 1. The largest absolute Gasteiger partial charge is 0.493 e. The minimum atomic E-state index is -0.221. The number of methoxy groups -OCH3 is 1. The number of carbonyl (C=O) groups is 1. The number of ether oxygens (including phenoxy) is 2. The number of nitrogens with one attached hydrogen (secondary N) is 1. The number of rotatable bonds is 8. The molecular formula is C14H20N2O3. The van der Waals surface area contributed by atoms with Gasteiger partial charge in [-0.3, -0.25) is 4.79 Å². The highest BCUT2D eigenvalue weighted by atomic mass is 16.5. The lowest BCUT2D eigenvalue weighted by Crippen LogP contribution is -2.24. The van der Waals surface area contributed by atoms with Crippen molar-refractivity contribution in [1.29, 1.82) is 0 Å². The van der Waals surface area contributed by atoms with Crippen molar-refractivity contribution < 1.29 is 14.3 Å². The molecule has 0 unspecified atom stereocenters. The zero-order valence-corrected chi connectivity index (χ0v) is 11.1. The molecule has 0 aliphatic rings. The topological polar surface area (TPSA) is 73.6 Å². The van der Waals surface area contributed by atoms with Crippen LogP contribution in [0.3, 0.4) is 0 Å². The maximum Gasteiger partial charge on any atom is 0.255 e. The van der Waals surface area contributed by atoms with Gasteiger partial charge in [0.15, 0.2) is 11.5 Å². The lowest BCUT2D eigenvalue weighted by molar-refractivity contribution is 0.0953. The molecule has 1 rings (SSSR count). The van der Waals surface area contributed by atoms with E-state index in [2.05, 4.69) is 11.9 Å². The average Bonchev–Trinajstić information content (AvgIpc) is 2.45. The van der Waals surface area contributed by atoms with E-state index in [4.69, 9.17) is 15.2 Å². The standard InChI is InChI=1S/C14H20N2O3/c1-3-9-16-14(17)11-6-4-7-12(18-2)13(11)19-10-5-8-15/h3-4,6-7H,1,5,8-10,15H2,2H3,(H,16,17). The molecule has 0 saturated carbocycles. The van der Waals surface area contributed by atoms with Crippen molar-refractivity contribution in [2.24, 2.45) is 5.73 Å². The first kappa shape index (κ1) is 15.0. The van der Waals surface area contributed by atoms with E-state index >= 15 is 0 Å². The summed E-state index contributed by atoms with van der Waals surface area (Å²) in [6.45, 7) is 4.94. The Kier molecular flexibility index (Phi) is 6.46. The van der Waals surface area contributed by atoms with Crippen molar-refractivity contribution >= 4 is 5.91 Å². The second kappa shape index (κ2) is 8.16. The SMILES string of the molecule is C=CCNC(=O)c1cccc(OC)c1OCCCN. The number of benzene rings is 1. The first-order chi connectivity index (χ1) is 9.24. The van der Waals surface area contributed by atoms with Crippen molar-refractivity contribution in [3.63, 3.8) is 0 Å². The van der Waals surface area contributed by atoms with Gasteiger partial charge < -0.3 is 20.5 Å². The van der Waals surface area contributed by atoms with Crippen LogP contribution in [0.5, 0.6) is 11.5 Å². The Morgan fingerprint density at radius 3 is 2.95 bits per heavy atom. The highest BCUT2D eigenvalue weighted by Crippen LogP contribution is 2.31. The monoisotopic (exact) mass is 264 g/mol. The summed E-state index contributed by atoms with van der Waals surface area (Å²) < 4.78 is 10.8. The van der Waals surface area contributed by atoms with E-state index in [1.54, 1.807) is 24.3 Å². The maximum atomic E-state index is 12.0. The Labute approximate surface area is 113 Å². The third kappa shape index (κ3) is 4.30. The van der Waals surface area contributed by atoms with Crippen molar-refractivity contribution in [1.82, 2.24) is 5.32 Å². The Hall–Kier alpha value is -2.01. The van der Waals surface area contributed by atoms with E-state index < -0.39 is 0 Å². The summed E-state index contributed by atoms with van der Waals surface area (Å²) in [5.74, 6) is 0.754. The smallest absolute Gasteiger partial charge is 0.255 e. The number of hydrogen-bond donors (Lipinski definition) is 2. The summed E-state index contributed by atoms with van der Waals surface area (Å²) >= 11 is 0. The second-order valence-corrected chi connectivity index (χ2v) is 3.83. The molecule has 104 valence electrons. The quantitative estimate of drug-likeness (QED) is 0.549. The van der Waals surface area contributed by atoms with Gasteiger partial charge in [0.1, 0.15) is 0 Å². The number of amides is 1. The third-order valence-electron chi connectivity index (χ3n) is 2.45. The summed E-state index contributed by atoms with van der Waals surface area (Å²) in [5.41, 5.74) is 5.87. The summed E-state index contributed by atoms with van der Waals surface area (Å²) in [5, 5.41) is 2.71. The Balaban J connectivity index is 2.94. The zero-order valence-electron chi connectivity index (χ0n) is 11.1. The normalized spacial score (nSPS) is 9.79. The third-order valence-corrected chi connectivity index (χ3v) is 2.45. The van der Waals surface area contributed by atoms with Crippen LogP contribution in [-0.4, -0.2) is 32.7 Å². The van der Waals surface area contributed by atoms with Crippen LogP contribution in [0.4, 0.5) is 0 Å². The van der Waals surface area contributed by atoms with Crippen LogP contribution >= 0.6 is 0 Å². The van der Waals surface area contributed by atoms with Gasteiger partial charge in [0.05, 0.1) is 19.3 Å². The summed E-state index contributed by atoms with van der Waals surface area (Å²) in [6.07, 6.45) is 2.33. The van der Waals surface area contributed by atoms with Gasteiger partial charge in [-0.05, 0) is 25.1 Å². The Morgan fingerprint density at radius 1 is 1.53 bits per heavy atom. The Bertz CT molecular complexity index is 433. The van der Waals surface area contributed by atoms with E-state index in [1.165, 1.54) is 7.11 Å². The van der Waals surface area contributed by atoms with E-state index in [9.17, 15) is 4.79 Å². The molecule has 0 spiro atoms. The van der Waals surface area contributed by atoms with Crippen LogP contribution in [0.25, 0.3) is 0 Å². The summed E-state index contributed by atoms with van der Waals surface area (Å²) in [7, 11) is 1.54. The maximum absolute atomic E-state index is 12.0. The molecular weight excluding hydrogens is 244 g/mol. The van der Waals surface area contributed by atoms with Gasteiger partial charge in [-0.15, -0.1) is 6.58 Å². The first-order valence-corrected chi connectivity index (χ1v) is 6.13. The lowest BCUT2D eigenvalue weighted by atomic mass is 10.1. The fraction of sp³-hybridized carbons (Fsp3) is 0.357. The van der Waals surface area contributed by atoms with Crippen LogP contribution in [-0.2, 0) is 0 Å². The molecule has 1 amide bonds. The predicted molar refractivity (Wildman–Crippen MR) is 74.7 cm³/mol. The van der Waals surface area contributed by atoms with Gasteiger partial charge in [0.25, 0.3) is 5.91 Å². The van der Waals surface area contributed by atoms with Gasteiger partial charge in [-0.1, -0.05) is 12.1 Å². The van der Waals surface area contributed by atoms with E-state index in [1.807, 2.05) is 0 Å². The van der Waals surface area contributed by atoms with Crippen LogP contribution in [0.1, 0.15) is 16.8 Å². The predicted octanol–water partition coefficient (Wildman–Crippen LogP) is 1.34. The van der Waals surface area contributed by atoms with Crippen LogP contribution in [0.2, 0.25) is 0 Å². The molecule has 1 aromatic carbocycles. The highest BCUT2D eigenvalue weighted by Gasteiger charge is 2.16. The van der Waals surface area contributed by atoms with Gasteiger partial charge in [-0.2, -0.15) is 0 Å². The van der Waals surface area contributed by atoms with Crippen LogP contribution in [0.15, 0.2) is 30.9 Å². The van der Waals surface area contributed by atoms with Gasteiger partial charge in [0, 0.05) is 6.54 Å². The summed E-state index contributed by atoms with van der Waals surface area (Å²) in [4.78, 5) is 12.0. The van der Waals surface area contributed by atoms with Crippen molar-refractivity contribution in [3.05, 3.63) is 36.4 Å². The number of nitrogens with two attached hydrogens (primary N) is 1. The molecule has 0 aliphatic carbocycles. The second-order valence-electron chi connectivity index (χ2n) is 3.83. The average molecular weight is 264 g/mol. The van der Waals surface area contributed by atoms with Crippen molar-refractivity contribution in [3.8, 4) is 11.5 Å². The highest BCUT2D eigenvalue weighted by molar-refractivity contribution is 5.97. The van der Waals surface area contributed by atoms with Gasteiger partial charge in [-0.25, -0.2) is 0 Å². The minimum Gasteiger partial charge on any atom is -0.493 e. The fourth-order valence-corrected chi connectivity index (χ4v) is 1.52. The fourth-order valence-electron chi connectivity index (χ4n) is 1.52. The van der Waals surface area contributed by atoms with Crippen LogP contribution in [0, 0.1) is 0 Å². The number of hydrogen-bond acceptors (Lipinski definition) is 4. The van der Waals surface area contributed by atoms with E-state index in [0.29, 0.717) is 43.2 Å². The summed E-state index contributed by atoms with van der Waals surface area (Å²) in [6, 6.07) is 5.19. The van der Waals surface area contributed by atoms with Gasteiger partial charge >= 0.3 is 0 Å². The molecule has 0 saturated heterocycles. The van der Waals surface area contributed by atoms with Gasteiger partial charge in [0.2, 0.25) is 0 Å². The molecule has 0 radical (unpaired) electrons. The lowest BCUT2D eigenvalue weighted by Gasteiger charge is -2.14. The molecule has 5 nitrogen and oxygen atoms in total. The molecule has 0 aliphatic heterocycles. The molecule has 5 heteroatoms. The molecule has 3 N–H and O–H groups in total. The van der Waals surface area contributed by atoms with E-state index in [0.717, 1.165) is 0 Å². The van der Waals surface area contributed by atoms with Crippen molar-refractivity contribution in [2.75, 3.05) is 26.8 Å². The molecule has 1 aromatic rings. The molecule has 0 bridgehead atoms. The molecule has 0 aromatic heterocycles. The molecule has 0 heterocycles. The molecule has 19 heavy (non-hydrogen) atoms. The van der Waals surface area contributed by atoms with E-state index in [-0.39, 0.29) is 5.91 Å². The van der Waals surface area contributed by atoms with Crippen LogP contribution < -0.4 is 20.5 Å². The molecule has 0 atom stereocenters. The first-order valence-electron chi connectivity index (χ1n) is 6.13. The Morgan fingerprint density at radius 2 is 2.32 bits per heavy atom. The van der Waals surface area contributed by atoms with Crippen molar-refractivity contribution in [2.45, 2.75) is 6.42 Å². The molecule has 0 fully saturated rings.